The van der Waals surface area contributed by atoms with Gasteiger partial charge >= 0.3 is 12.1 Å². The number of fused-ring (bicyclic) bond motifs is 1. The summed E-state index contributed by atoms with van der Waals surface area (Å²) in [4.78, 5) is 11.2. The molecule has 0 bridgehead atoms. The van der Waals surface area contributed by atoms with Gasteiger partial charge in [-0.05, 0) is 43.3 Å². The Labute approximate surface area is 155 Å². The second kappa shape index (κ2) is 6.77. The maximum absolute atomic E-state index is 13.9. The highest BCUT2D eigenvalue weighted by molar-refractivity contribution is 6.30. The molecule has 4 nitrogen and oxygen atoms in total. The van der Waals surface area contributed by atoms with E-state index in [0.717, 1.165) is 12.1 Å². The smallest absolute Gasteiger partial charge is 0.430 e. The van der Waals surface area contributed by atoms with E-state index in [1.54, 1.807) is 0 Å². The lowest BCUT2D eigenvalue weighted by Gasteiger charge is -2.28. The van der Waals surface area contributed by atoms with Crippen molar-refractivity contribution in [2.45, 2.75) is 19.2 Å². The Morgan fingerprint density at radius 1 is 1.22 bits per heavy atom. The van der Waals surface area contributed by atoms with Crippen LogP contribution in [-0.2, 0) is 4.79 Å². The Balaban J connectivity index is 2.03. The van der Waals surface area contributed by atoms with E-state index in [0.29, 0.717) is 0 Å². The van der Waals surface area contributed by atoms with Crippen LogP contribution >= 0.6 is 11.6 Å². The predicted octanol–water partition coefficient (Wildman–Crippen LogP) is 5.37. The predicted molar refractivity (Wildman–Crippen MR) is 88.7 cm³/mol. The molecule has 1 aliphatic rings. The van der Waals surface area contributed by atoms with Crippen LogP contribution in [-0.4, -0.2) is 23.4 Å². The number of aliphatic carboxylic acids is 1. The highest BCUT2D eigenvalue weighted by Crippen LogP contribution is 2.42. The Kier molecular flexibility index (Phi) is 4.77. The fourth-order valence-corrected chi connectivity index (χ4v) is 2.75. The molecule has 27 heavy (non-hydrogen) atoms. The zero-order chi connectivity index (χ0) is 19.9. The maximum atomic E-state index is 13.9. The fraction of sp³-hybridized carbons (Fsp3) is 0.167. The SMILES string of the molecule is Cc1c(Oc2ccc(Cl)cc2F)ccc2c1OC(C(F)(F)F)C(C(=O)O)=C2. The number of alkyl halides is 3. The first-order chi connectivity index (χ1) is 12.6. The second-order valence-corrected chi connectivity index (χ2v) is 6.16. The van der Waals surface area contributed by atoms with Gasteiger partial charge in [0.05, 0.1) is 5.57 Å². The number of halogens is 5. The normalized spacial score (nSPS) is 16.2. The third-order valence-electron chi connectivity index (χ3n) is 3.87. The number of ether oxygens (including phenoxy) is 2. The third-order valence-corrected chi connectivity index (χ3v) is 4.11. The lowest BCUT2D eigenvalue weighted by Crippen LogP contribution is -2.40. The van der Waals surface area contributed by atoms with Gasteiger partial charge in [0, 0.05) is 16.1 Å². The van der Waals surface area contributed by atoms with Crippen LogP contribution in [0.5, 0.6) is 17.2 Å². The van der Waals surface area contributed by atoms with E-state index in [1.165, 1.54) is 31.2 Å². The Morgan fingerprint density at radius 2 is 1.89 bits per heavy atom. The molecule has 2 aromatic carbocycles. The summed E-state index contributed by atoms with van der Waals surface area (Å²) in [6.07, 6.45) is -6.64. The van der Waals surface area contributed by atoms with Gasteiger partial charge in [-0.15, -0.1) is 0 Å². The van der Waals surface area contributed by atoms with E-state index >= 15 is 0 Å². The maximum Gasteiger partial charge on any atom is 0.430 e. The van der Waals surface area contributed by atoms with Gasteiger partial charge in [-0.1, -0.05) is 11.6 Å². The van der Waals surface area contributed by atoms with Crippen LogP contribution in [0.25, 0.3) is 6.08 Å². The van der Waals surface area contributed by atoms with Gasteiger partial charge in [0.15, 0.2) is 11.6 Å². The number of hydrogen-bond donors (Lipinski definition) is 1. The van der Waals surface area contributed by atoms with Crippen LogP contribution in [0.4, 0.5) is 17.6 Å². The fourth-order valence-electron chi connectivity index (χ4n) is 2.59. The molecule has 0 saturated heterocycles. The largest absolute Gasteiger partial charge is 0.478 e. The number of rotatable bonds is 3. The third kappa shape index (κ3) is 3.71. The van der Waals surface area contributed by atoms with Crippen molar-refractivity contribution in [3.8, 4) is 17.2 Å². The molecule has 1 aliphatic heterocycles. The van der Waals surface area contributed by atoms with E-state index < -0.39 is 29.6 Å². The molecule has 1 unspecified atom stereocenters. The first-order valence-electron chi connectivity index (χ1n) is 7.52. The van der Waals surface area contributed by atoms with E-state index in [2.05, 4.69) is 0 Å². The molecule has 3 rings (SSSR count). The summed E-state index contributed by atoms with van der Waals surface area (Å²) in [5.74, 6) is -2.78. The van der Waals surface area contributed by atoms with Crippen molar-refractivity contribution in [2.24, 2.45) is 0 Å². The summed E-state index contributed by atoms with van der Waals surface area (Å²) in [5, 5.41) is 9.20. The van der Waals surface area contributed by atoms with Gasteiger partial charge in [-0.25, -0.2) is 9.18 Å². The molecule has 0 radical (unpaired) electrons. The molecular formula is C18H11ClF4O4. The van der Waals surface area contributed by atoms with Gasteiger partial charge in [0.2, 0.25) is 6.10 Å². The molecule has 9 heteroatoms. The van der Waals surface area contributed by atoms with Crippen LogP contribution < -0.4 is 9.47 Å². The Morgan fingerprint density at radius 3 is 2.48 bits per heavy atom. The molecule has 0 saturated carbocycles. The minimum atomic E-state index is -4.92. The van der Waals surface area contributed by atoms with Crippen molar-refractivity contribution >= 4 is 23.6 Å². The van der Waals surface area contributed by atoms with Crippen molar-refractivity contribution in [3.05, 3.63) is 57.9 Å². The molecule has 142 valence electrons. The molecule has 0 aliphatic carbocycles. The number of benzene rings is 2. The molecule has 2 aromatic rings. The van der Waals surface area contributed by atoms with Crippen LogP contribution in [0, 0.1) is 12.7 Å². The number of hydrogen-bond acceptors (Lipinski definition) is 3. The minimum absolute atomic E-state index is 0.0584. The van der Waals surface area contributed by atoms with Crippen molar-refractivity contribution in [1.82, 2.24) is 0 Å². The van der Waals surface area contributed by atoms with Crippen LogP contribution in [0.2, 0.25) is 5.02 Å². The zero-order valence-electron chi connectivity index (χ0n) is 13.6. The standard InChI is InChI=1S/C18H11ClF4O4/c1-8-13(26-14-5-3-10(19)7-12(14)20)4-2-9-6-11(17(24)25)16(18(21,22)23)27-15(8)9/h2-7,16H,1H3,(H,24,25). The van der Waals surface area contributed by atoms with Crippen molar-refractivity contribution < 1.29 is 36.9 Å². The summed E-state index contributed by atoms with van der Waals surface area (Å²) in [7, 11) is 0. The molecule has 0 amide bonds. The summed E-state index contributed by atoms with van der Waals surface area (Å²) in [5.41, 5.74) is -0.613. The van der Waals surface area contributed by atoms with Crippen LogP contribution in [0.3, 0.4) is 0 Å². The zero-order valence-corrected chi connectivity index (χ0v) is 14.4. The highest BCUT2D eigenvalue weighted by atomic mass is 35.5. The average Bonchev–Trinajstić information content (AvgIpc) is 2.57. The minimum Gasteiger partial charge on any atom is -0.478 e. The van der Waals surface area contributed by atoms with E-state index in [9.17, 15) is 22.4 Å². The quantitative estimate of drug-likeness (QED) is 0.701. The molecule has 1 atom stereocenters. The van der Waals surface area contributed by atoms with Crippen LogP contribution in [0.1, 0.15) is 11.1 Å². The first-order valence-corrected chi connectivity index (χ1v) is 7.90. The van der Waals surface area contributed by atoms with E-state index in [1.807, 2.05) is 0 Å². The monoisotopic (exact) mass is 402 g/mol. The molecule has 0 aromatic heterocycles. The highest BCUT2D eigenvalue weighted by Gasteiger charge is 2.48. The summed E-state index contributed by atoms with van der Waals surface area (Å²) < 4.78 is 63.9. The number of carbonyl (C=O) groups is 1. The number of carboxylic acid groups (broad SMARTS) is 1. The molecule has 1 N–H and O–H groups in total. The molecule has 0 fully saturated rings. The molecule has 0 spiro atoms. The van der Waals surface area contributed by atoms with E-state index in [-0.39, 0.29) is 33.4 Å². The Bertz CT molecular complexity index is 953. The molecular weight excluding hydrogens is 392 g/mol. The lowest BCUT2D eigenvalue weighted by atomic mass is 9.99. The first kappa shape index (κ1) is 19.0. The van der Waals surface area contributed by atoms with Gasteiger partial charge in [0.1, 0.15) is 11.5 Å². The van der Waals surface area contributed by atoms with Gasteiger partial charge in [-0.2, -0.15) is 13.2 Å². The van der Waals surface area contributed by atoms with Crippen molar-refractivity contribution in [3.63, 3.8) is 0 Å². The van der Waals surface area contributed by atoms with E-state index in [4.69, 9.17) is 26.2 Å². The van der Waals surface area contributed by atoms with Gasteiger partial charge < -0.3 is 14.6 Å². The van der Waals surface area contributed by atoms with Crippen molar-refractivity contribution in [2.75, 3.05) is 0 Å². The topological polar surface area (TPSA) is 55.8 Å². The lowest BCUT2D eigenvalue weighted by molar-refractivity contribution is -0.187. The summed E-state index contributed by atoms with van der Waals surface area (Å²) >= 11 is 5.67. The van der Waals surface area contributed by atoms with Gasteiger partial charge in [-0.3, -0.25) is 0 Å². The summed E-state index contributed by atoms with van der Waals surface area (Å²) in [6.45, 7) is 1.43. The van der Waals surface area contributed by atoms with Crippen LogP contribution in [0.15, 0.2) is 35.9 Å². The molecule has 1 heterocycles. The number of carboxylic acids is 1. The average molecular weight is 403 g/mol. The van der Waals surface area contributed by atoms with Gasteiger partial charge in [0.25, 0.3) is 0 Å². The second-order valence-electron chi connectivity index (χ2n) is 5.73. The van der Waals surface area contributed by atoms with Crippen molar-refractivity contribution in [1.29, 1.82) is 0 Å². The summed E-state index contributed by atoms with van der Waals surface area (Å²) in [6, 6.07) is 6.42. The Hall–Kier alpha value is -2.74.